The van der Waals surface area contributed by atoms with E-state index >= 15 is 0 Å². The van der Waals surface area contributed by atoms with Crippen LogP contribution in [0, 0.1) is 5.82 Å². The lowest BCUT2D eigenvalue weighted by Crippen LogP contribution is -2.01. The lowest BCUT2D eigenvalue weighted by Gasteiger charge is -2.05. The van der Waals surface area contributed by atoms with E-state index in [9.17, 15) is 4.39 Å². The highest BCUT2D eigenvalue weighted by molar-refractivity contribution is 9.10. The number of nitrogens with zero attached hydrogens (tertiary/aromatic N) is 2. The number of halogens is 2. The summed E-state index contributed by atoms with van der Waals surface area (Å²) in [7, 11) is 0. The van der Waals surface area contributed by atoms with Crippen LogP contribution in [0.25, 0.3) is 11.3 Å². The number of aromatic nitrogens is 2. The van der Waals surface area contributed by atoms with Crippen LogP contribution >= 0.6 is 15.9 Å². The molecule has 0 aliphatic heterocycles. The number of anilines is 2. The molecule has 0 aliphatic carbocycles. The smallest absolute Gasteiger partial charge is 0.222 e. The van der Waals surface area contributed by atoms with E-state index in [0.717, 1.165) is 0 Å². The van der Waals surface area contributed by atoms with Gasteiger partial charge < -0.3 is 11.5 Å². The van der Waals surface area contributed by atoms with E-state index in [1.54, 1.807) is 18.2 Å². The number of hydrogen-bond donors (Lipinski definition) is 2. The minimum atomic E-state index is -0.403. The molecule has 0 fully saturated rings. The molecule has 0 aliphatic rings. The van der Waals surface area contributed by atoms with Gasteiger partial charge in [-0.05, 0) is 28.1 Å². The van der Waals surface area contributed by atoms with E-state index in [0.29, 0.717) is 15.7 Å². The average molecular weight is 283 g/mol. The number of nitrogens with two attached hydrogens (primary N) is 2. The molecule has 0 bridgehead atoms. The third-order valence-electron chi connectivity index (χ3n) is 1.99. The molecule has 0 saturated carbocycles. The van der Waals surface area contributed by atoms with Gasteiger partial charge in [0.2, 0.25) is 5.95 Å². The summed E-state index contributed by atoms with van der Waals surface area (Å²) in [5.74, 6) is -0.170. The van der Waals surface area contributed by atoms with Gasteiger partial charge >= 0.3 is 0 Å². The maximum atomic E-state index is 13.8. The summed E-state index contributed by atoms with van der Waals surface area (Å²) in [6.45, 7) is 0. The Balaban J connectivity index is 2.63. The van der Waals surface area contributed by atoms with Gasteiger partial charge in [0, 0.05) is 11.6 Å². The maximum absolute atomic E-state index is 13.8. The Labute approximate surface area is 99.6 Å². The van der Waals surface area contributed by atoms with Crippen molar-refractivity contribution in [2.24, 2.45) is 0 Å². The largest absolute Gasteiger partial charge is 0.384 e. The van der Waals surface area contributed by atoms with E-state index < -0.39 is 5.82 Å². The van der Waals surface area contributed by atoms with Crippen molar-refractivity contribution >= 4 is 27.7 Å². The van der Waals surface area contributed by atoms with Crippen LogP contribution in [0.15, 0.2) is 28.7 Å². The third kappa shape index (κ3) is 1.96. The van der Waals surface area contributed by atoms with E-state index in [4.69, 9.17) is 11.5 Å². The second kappa shape index (κ2) is 4.05. The Kier molecular flexibility index (Phi) is 2.74. The monoisotopic (exact) mass is 282 g/mol. The van der Waals surface area contributed by atoms with E-state index in [-0.39, 0.29) is 11.8 Å². The number of benzene rings is 1. The van der Waals surface area contributed by atoms with Gasteiger partial charge in [-0.15, -0.1) is 0 Å². The number of nitrogen functional groups attached to an aromatic ring is 2. The lowest BCUT2D eigenvalue weighted by atomic mass is 10.1. The molecule has 0 amide bonds. The molecule has 2 aromatic rings. The Hall–Kier alpha value is -1.69. The van der Waals surface area contributed by atoms with Crippen molar-refractivity contribution in [2.45, 2.75) is 0 Å². The summed E-state index contributed by atoms with van der Waals surface area (Å²) in [6.07, 6.45) is 0. The van der Waals surface area contributed by atoms with Crippen LogP contribution in [0.2, 0.25) is 0 Å². The minimum absolute atomic E-state index is 0.0226. The molecule has 1 aromatic carbocycles. The van der Waals surface area contributed by atoms with Crippen LogP contribution in [0.1, 0.15) is 0 Å². The Bertz CT molecular complexity index is 524. The summed E-state index contributed by atoms with van der Waals surface area (Å²) in [5, 5.41) is 0. The standard InChI is InChI=1S/C10H8BrFN4/c11-6-3-1-2-5(9(6)12)7-4-8(13)16-10(14)15-7/h1-4H,(H4,13,14,15,16). The molecule has 1 aromatic heterocycles. The van der Waals surface area contributed by atoms with E-state index in [1.165, 1.54) is 6.07 Å². The number of rotatable bonds is 1. The molecular weight excluding hydrogens is 275 g/mol. The summed E-state index contributed by atoms with van der Waals surface area (Å²) in [4.78, 5) is 7.65. The zero-order chi connectivity index (χ0) is 11.7. The predicted molar refractivity (Wildman–Crippen MR) is 64.0 cm³/mol. The van der Waals surface area contributed by atoms with Gasteiger partial charge in [-0.2, -0.15) is 4.98 Å². The van der Waals surface area contributed by atoms with Crippen molar-refractivity contribution in [3.8, 4) is 11.3 Å². The van der Waals surface area contributed by atoms with Crippen molar-refractivity contribution in [1.29, 1.82) is 0 Å². The van der Waals surface area contributed by atoms with E-state index in [1.807, 2.05) is 0 Å². The highest BCUT2D eigenvalue weighted by Gasteiger charge is 2.10. The molecule has 82 valence electrons. The van der Waals surface area contributed by atoms with Crippen molar-refractivity contribution in [3.63, 3.8) is 0 Å². The Morgan fingerprint density at radius 1 is 1.19 bits per heavy atom. The van der Waals surface area contributed by atoms with Gasteiger partial charge in [0.15, 0.2) is 0 Å². The quantitative estimate of drug-likeness (QED) is 0.841. The third-order valence-corrected chi connectivity index (χ3v) is 2.60. The SMILES string of the molecule is Nc1cc(-c2cccc(Br)c2F)nc(N)n1. The molecule has 4 nitrogen and oxygen atoms in total. The summed E-state index contributed by atoms with van der Waals surface area (Å²) < 4.78 is 14.1. The second-order valence-electron chi connectivity index (χ2n) is 3.14. The zero-order valence-corrected chi connectivity index (χ0v) is 9.70. The van der Waals surface area contributed by atoms with Gasteiger partial charge in [-0.3, -0.25) is 0 Å². The van der Waals surface area contributed by atoms with Crippen LogP contribution in [0.3, 0.4) is 0 Å². The maximum Gasteiger partial charge on any atom is 0.222 e. The Morgan fingerprint density at radius 3 is 2.62 bits per heavy atom. The normalized spacial score (nSPS) is 10.4. The molecule has 0 spiro atoms. The summed E-state index contributed by atoms with van der Waals surface area (Å²) in [5.41, 5.74) is 11.7. The molecule has 2 rings (SSSR count). The van der Waals surface area contributed by atoms with Gasteiger partial charge in [0.1, 0.15) is 11.6 Å². The first kappa shape index (κ1) is 10.8. The predicted octanol–water partition coefficient (Wildman–Crippen LogP) is 2.21. The molecule has 0 unspecified atom stereocenters. The average Bonchev–Trinajstić information content (AvgIpc) is 2.20. The van der Waals surface area contributed by atoms with Crippen molar-refractivity contribution in [1.82, 2.24) is 9.97 Å². The van der Waals surface area contributed by atoms with E-state index in [2.05, 4.69) is 25.9 Å². The highest BCUT2D eigenvalue weighted by Crippen LogP contribution is 2.27. The fraction of sp³-hybridized carbons (Fsp3) is 0. The van der Waals surface area contributed by atoms with Crippen molar-refractivity contribution in [2.75, 3.05) is 11.5 Å². The molecule has 0 saturated heterocycles. The topological polar surface area (TPSA) is 77.8 Å². The van der Waals surface area contributed by atoms with Crippen molar-refractivity contribution in [3.05, 3.63) is 34.6 Å². The van der Waals surface area contributed by atoms with Crippen LogP contribution in [0.4, 0.5) is 16.2 Å². The Morgan fingerprint density at radius 2 is 1.94 bits per heavy atom. The van der Waals surface area contributed by atoms with Crippen LogP contribution in [-0.4, -0.2) is 9.97 Å². The first-order valence-corrected chi connectivity index (χ1v) is 5.21. The molecule has 1 heterocycles. The highest BCUT2D eigenvalue weighted by atomic mass is 79.9. The van der Waals surface area contributed by atoms with Gasteiger partial charge in [-0.1, -0.05) is 6.07 Å². The molecule has 0 radical (unpaired) electrons. The lowest BCUT2D eigenvalue weighted by molar-refractivity contribution is 0.624. The first-order chi connectivity index (χ1) is 7.58. The molecule has 4 N–H and O–H groups in total. The fourth-order valence-electron chi connectivity index (χ4n) is 1.32. The number of hydrogen-bond acceptors (Lipinski definition) is 4. The molecule has 16 heavy (non-hydrogen) atoms. The van der Waals surface area contributed by atoms with Gasteiger partial charge in [-0.25, -0.2) is 9.37 Å². The zero-order valence-electron chi connectivity index (χ0n) is 8.11. The molecule has 6 heteroatoms. The van der Waals surface area contributed by atoms with Gasteiger partial charge in [0.05, 0.1) is 10.2 Å². The molecular formula is C10H8BrFN4. The van der Waals surface area contributed by atoms with Crippen LogP contribution in [0.5, 0.6) is 0 Å². The first-order valence-electron chi connectivity index (χ1n) is 4.42. The summed E-state index contributed by atoms with van der Waals surface area (Å²) in [6, 6.07) is 6.38. The second-order valence-corrected chi connectivity index (χ2v) is 3.99. The van der Waals surface area contributed by atoms with Gasteiger partial charge in [0.25, 0.3) is 0 Å². The minimum Gasteiger partial charge on any atom is -0.384 e. The molecule has 0 atom stereocenters. The van der Waals surface area contributed by atoms with Crippen LogP contribution < -0.4 is 11.5 Å². The fourth-order valence-corrected chi connectivity index (χ4v) is 1.69. The van der Waals surface area contributed by atoms with Crippen molar-refractivity contribution < 1.29 is 4.39 Å². The van der Waals surface area contributed by atoms with Crippen LogP contribution in [-0.2, 0) is 0 Å². The summed E-state index contributed by atoms with van der Waals surface area (Å²) >= 11 is 3.10.